The van der Waals surface area contributed by atoms with Gasteiger partial charge in [0.1, 0.15) is 5.82 Å². The monoisotopic (exact) mass is 299 g/mol. The summed E-state index contributed by atoms with van der Waals surface area (Å²) in [5, 5.41) is 3.97. The smallest absolute Gasteiger partial charge is 0.265 e. The molecule has 1 aromatic heterocycles. The Kier molecular flexibility index (Phi) is 3.50. The molecule has 1 amide bonds. The number of fused-ring (bicyclic) bond motifs is 1. The second-order valence-electron chi connectivity index (χ2n) is 4.45. The minimum Gasteiger partial charge on any atom is -0.321 e. The average molecular weight is 299 g/mol. The van der Waals surface area contributed by atoms with Crippen molar-refractivity contribution in [1.82, 2.24) is 0 Å². The Hall–Kier alpha value is -2.53. The lowest BCUT2D eigenvalue weighted by Gasteiger charge is -2.05. The number of rotatable bonds is 2. The van der Waals surface area contributed by atoms with Gasteiger partial charge in [0.2, 0.25) is 4.74 Å². The van der Waals surface area contributed by atoms with Crippen LogP contribution in [0.25, 0.3) is 10.8 Å². The number of carbonyl (C=O) groups excluding carboxylic acids is 1. The van der Waals surface area contributed by atoms with Crippen LogP contribution in [0, 0.1) is 5.82 Å². The maximum Gasteiger partial charge on any atom is 0.265 e. The molecule has 3 nitrogen and oxygen atoms in total. The molecule has 2 aromatic carbocycles. The summed E-state index contributed by atoms with van der Waals surface area (Å²) in [5.74, 6) is -0.752. The number of halogens is 1. The molecule has 1 N–H and O–H groups in total. The number of amides is 1. The lowest BCUT2D eigenvalue weighted by Crippen LogP contribution is -2.12. The predicted octanol–water partition coefficient (Wildman–Crippen LogP) is 3.65. The Balaban J connectivity index is 1.94. The van der Waals surface area contributed by atoms with Crippen LogP contribution in [0.2, 0.25) is 0 Å². The fourth-order valence-corrected chi connectivity index (χ4v) is 2.80. The van der Waals surface area contributed by atoms with Gasteiger partial charge in [-0.05, 0) is 41.8 Å². The summed E-state index contributed by atoms with van der Waals surface area (Å²) in [6.07, 6.45) is 0. The van der Waals surface area contributed by atoms with Gasteiger partial charge >= 0.3 is 0 Å². The van der Waals surface area contributed by atoms with Gasteiger partial charge in [-0.25, -0.2) is 4.39 Å². The molecule has 0 aliphatic carbocycles. The second-order valence-corrected chi connectivity index (χ2v) is 5.46. The van der Waals surface area contributed by atoms with Crippen molar-refractivity contribution in [2.45, 2.75) is 0 Å². The SMILES string of the molecule is O=C(Nc1ccc(F)cc1)c1cc2ccccc2c(=O)s1. The maximum absolute atomic E-state index is 12.8. The standard InChI is InChI=1S/C16H10FNO2S/c17-11-5-7-12(8-6-11)18-15(19)14-9-10-3-1-2-4-13(10)16(20)21-14/h1-9H,(H,18,19). The first-order valence-corrected chi connectivity index (χ1v) is 7.05. The number of anilines is 1. The summed E-state index contributed by atoms with van der Waals surface area (Å²) >= 11 is 0.896. The van der Waals surface area contributed by atoms with Crippen LogP contribution >= 0.6 is 11.3 Å². The molecule has 3 aromatic rings. The van der Waals surface area contributed by atoms with Crippen LogP contribution in [-0.2, 0) is 0 Å². The van der Waals surface area contributed by atoms with Gasteiger partial charge in [-0.2, -0.15) is 0 Å². The number of hydrogen-bond acceptors (Lipinski definition) is 3. The zero-order valence-electron chi connectivity index (χ0n) is 10.8. The van der Waals surface area contributed by atoms with E-state index in [4.69, 9.17) is 0 Å². The van der Waals surface area contributed by atoms with Gasteiger partial charge in [0.05, 0.1) is 4.88 Å². The average Bonchev–Trinajstić information content (AvgIpc) is 2.49. The lowest BCUT2D eigenvalue weighted by molar-refractivity contribution is 0.103. The normalized spacial score (nSPS) is 10.5. The molecule has 0 aliphatic rings. The molecular formula is C16H10FNO2S. The molecule has 3 rings (SSSR count). The fourth-order valence-electron chi connectivity index (χ4n) is 1.97. The van der Waals surface area contributed by atoms with Crippen LogP contribution in [0.5, 0.6) is 0 Å². The Morgan fingerprint density at radius 3 is 2.52 bits per heavy atom. The highest BCUT2D eigenvalue weighted by Gasteiger charge is 2.10. The van der Waals surface area contributed by atoms with Crippen molar-refractivity contribution in [2.75, 3.05) is 5.32 Å². The van der Waals surface area contributed by atoms with E-state index in [2.05, 4.69) is 5.32 Å². The molecule has 0 bridgehead atoms. The second kappa shape index (κ2) is 5.46. The first-order valence-electron chi connectivity index (χ1n) is 6.23. The van der Waals surface area contributed by atoms with E-state index >= 15 is 0 Å². The van der Waals surface area contributed by atoms with Crippen molar-refractivity contribution < 1.29 is 9.18 Å². The van der Waals surface area contributed by atoms with Crippen LogP contribution in [0.1, 0.15) is 9.67 Å². The molecule has 0 fully saturated rings. The molecule has 21 heavy (non-hydrogen) atoms. The summed E-state index contributed by atoms with van der Waals surface area (Å²) < 4.78 is 12.7. The van der Waals surface area contributed by atoms with Crippen molar-refractivity contribution in [3.05, 3.63) is 74.8 Å². The van der Waals surface area contributed by atoms with Crippen molar-refractivity contribution in [1.29, 1.82) is 0 Å². The molecule has 104 valence electrons. The summed E-state index contributed by atoms with van der Waals surface area (Å²) in [7, 11) is 0. The summed E-state index contributed by atoms with van der Waals surface area (Å²) in [4.78, 5) is 24.5. The van der Waals surface area contributed by atoms with E-state index in [1.807, 2.05) is 6.07 Å². The van der Waals surface area contributed by atoms with Gasteiger partial charge < -0.3 is 5.32 Å². The van der Waals surface area contributed by atoms with Crippen molar-refractivity contribution in [3.8, 4) is 0 Å². The van der Waals surface area contributed by atoms with Gasteiger partial charge in [-0.1, -0.05) is 29.5 Å². The molecule has 0 radical (unpaired) electrons. The third kappa shape index (κ3) is 2.83. The molecule has 0 saturated carbocycles. The van der Waals surface area contributed by atoms with Crippen LogP contribution in [0.3, 0.4) is 0 Å². The van der Waals surface area contributed by atoms with E-state index in [-0.39, 0.29) is 16.5 Å². The zero-order valence-corrected chi connectivity index (χ0v) is 11.6. The molecule has 0 aliphatic heterocycles. The molecule has 0 unspecified atom stereocenters. The number of carbonyl (C=O) groups is 1. The molecule has 0 atom stereocenters. The Labute approximate surface area is 123 Å². The Bertz CT molecular complexity index is 871. The van der Waals surface area contributed by atoms with Crippen LogP contribution in [0.4, 0.5) is 10.1 Å². The third-order valence-electron chi connectivity index (χ3n) is 3.00. The van der Waals surface area contributed by atoms with E-state index in [1.54, 1.807) is 24.3 Å². The quantitative estimate of drug-likeness (QED) is 0.785. The highest BCUT2D eigenvalue weighted by molar-refractivity contribution is 7.12. The molecule has 0 spiro atoms. The fraction of sp³-hybridized carbons (Fsp3) is 0. The summed E-state index contributed by atoms with van der Waals surface area (Å²) in [6.45, 7) is 0. The predicted molar refractivity (Wildman–Crippen MR) is 82.4 cm³/mol. The Morgan fingerprint density at radius 1 is 1.05 bits per heavy atom. The molecule has 0 saturated heterocycles. The lowest BCUT2D eigenvalue weighted by atomic mass is 10.2. The van der Waals surface area contributed by atoms with Crippen molar-refractivity contribution >= 4 is 33.7 Å². The van der Waals surface area contributed by atoms with Gasteiger partial charge in [0.25, 0.3) is 5.91 Å². The zero-order chi connectivity index (χ0) is 14.8. The van der Waals surface area contributed by atoms with E-state index in [0.29, 0.717) is 16.0 Å². The van der Waals surface area contributed by atoms with E-state index in [0.717, 1.165) is 16.7 Å². The summed E-state index contributed by atoms with van der Waals surface area (Å²) in [5.41, 5.74) is 0.481. The van der Waals surface area contributed by atoms with E-state index < -0.39 is 0 Å². The van der Waals surface area contributed by atoms with Crippen LogP contribution in [-0.4, -0.2) is 5.91 Å². The highest BCUT2D eigenvalue weighted by Crippen LogP contribution is 2.17. The topological polar surface area (TPSA) is 46.2 Å². The highest BCUT2D eigenvalue weighted by atomic mass is 32.1. The first kappa shape index (κ1) is 13.5. The minimum absolute atomic E-state index is 0.155. The molecule has 1 heterocycles. The van der Waals surface area contributed by atoms with E-state index in [9.17, 15) is 14.0 Å². The molecule has 5 heteroatoms. The van der Waals surface area contributed by atoms with Gasteiger partial charge in [0.15, 0.2) is 0 Å². The number of hydrogen-bond donors (Lipinski definition) is 1. The third-order valence-corrected chi connectivity index (χ3v) is 3.92. The minimum atomic E-state index is -0.380. The number of benzene rings is 2. The Morgan fingerprint density at radius 2 is 1.76 bits per heavy atom. The van der Waals surface area contributed by atoms with Gasteiger partial charge in [-0.15, -0.1) is 0 Å². The van der Waals surface area contributed by atoms with Crippen molar-refractivity contribution in [3.63, 3.8) is 0 Å². The van der Waals surface area contributed by atoms with Crippen molar-refractivity contribution in [2.24, 2.45) is 0 Å². The van der Waals surface area contributed by atoms with Gasteiger partial charge in [-0.3, -0.25) is 9.59 Å². The number of nitrogens with one attached hydrogen (secondary N) is 1. The van der Waals surface area contributed by atoms with Crippen LogP contribution < -0.4 is 10.1 Å². The first-order chi connectivity index (χ1) is 10.1. The maximum atomic E-state index is 12.8. The van der Waals surface area contributed by atoms with Gasteiger partial charge in [0, 0.05) is 11.1 Å². The summed E-state index contributed by atoms with van der Waals surface area (Å²) in [6, 6.07) is 14.3. The van der Waals surface area contributed by atoms with Crippen LogP contribution in [0.15, 0.2) is 59.4 Å². The molecular weight excluding hydrogens is 289 g/mol. The van der Waals surface area contributed by atoms with E-state index in [1.165, 1.54) is 24.3 Å². The largest absolute Gasteiger partial charge is 0.321 e.